The van der Waals surface area contributed by atoms with Gasteiger partial charge >= 0.3 is 0 Å². The normalized spacial score (nSPS) is 14.5. The first-order chi connectivity index (χ1) is 7.88. The Morgan fingerprint density at radius 1 is 1.57 bits per heavy atom. The molecule has 1 aromatic heterocycles. The molecule has 0 amide bonds. The van der Waals surface area contributed by atoms with Crippen molar-refractivity contribution in [2.24, 2.45) is 6.98 Å². The molecule has 0 aliphatic carbocycles. The molecular formula is C8H8FN5. The molecule has 14 heavy (non-hydrogen) atoms. The van der Waals surface area contributed by atoms with Crippen LogP contribution < -0.4 is 5.73 Å². The topological polar surface area (TPSA) is 69.6 Å². The van der Waals surface area contributed by atoms with E-state index in [0.29, 0.717) is 4.80 Å². The van der Waals surface area contributed by atoms with Gasteiger partial charge in [0.25, 0.3) is 0 Å². The van der Waals surface area contributed by atoms with Crippen molar-refractivity contribution in [3.8, 4) is 11.4 Å². The van der Waals surface area contributed by atoms with Crippen molar-refractivity contribution in [2.45, 2.75) is 0 Å². The lowest BCUT2D eigenvalue weighted by Crippen LogP contribution is -1.94. The van der Waals surface area contributed by atoms with Gasteiger partial charge in [0.2, 0.25) is 5.82 Å². The molecule has 2 rings (SSSR count). The minimum Gasteiger partial charge on any atom is -0.398 e. The monoisotopic (exact) mass is 196 g/mol. The maximum atomic E-state index is 13.0. The number of benzene rings is 1. The summed E-state index contributed by atoms with van der Waals surface area (Å²) >= 11 is 0. The first-order valence-electron chi connectivity index (χ1n) is 5.24. The molecule has 0 fully saturated rings. The minimum atomic E-state index is -2.52. The van der Waals surface area contributed by atoms with Gasteiger partial charge in [-0.3, -0.25) is 0 Å². The van der Waals surface area contributed by atoms with Gasteiger partial charge in [0.1, 0.15) is 5.82 Å². The Labute approximate surface area is 83.6 Å². The van der Waals surface area contributed by atoms with Gasteiger partial charge in [-0.2, -0.15) is 4.80 Å². The van der Waals surface area contributed by atoms with Gasteiger partial charge in [-0.1, -0.05) is 0 Å². The minimum absolute atomic E-state index is 0.0295. The summed E-state index contributed by atoms with van der Waals surface area (Å²) in [7, 11) is 0. The molecule has 2 N–H and O–H groups in total. The van der Waals surface area contributed by atoms with Gasteiger partial charge in [0.05, 0.1) is 6.98 Å². The van der Waals surface area contributed by atoms with E-state index in [2.05, 4.69) is 15.4 Å². The van der Waals surface area contributed by atoms with Crippen LogP contribution in [0.1, 0.15) is 4.11 Å². The Bertz CT molecular complexity index is 550. The van der Waals surface area contributed by atoms with Crippen molar-refractivity contribution in [3.05, 3.63) is 24.0 Å². The molecule has 0 aliphatic heterocycles. The van der Waals surface area contributed by atoms with Crippen LogP contribution in [-0.2, 0) is 6.98 Å². The van der Waals surface area contributed by atoms with Crippen LogP contribution in [0.3, 0.4) is 0 Å². The summed E-state index contributed by atoms with van der Waals surface area (Å²) in [6, 6.07) is 3.66. The summed E-state index contributed by atoms with van der Waals surface area (Å²) in [5.74, 6) is -0.544. The number of anilines is 1. The second-order valence-electron chi connectivity index (χ2n) is 2.63. The van der Waals surface area contributed by atoms with Crippen molar-refractivity contribution < 1.29 is 8.50 Å². The quantitative estimate of drug-likeness (QED) is 0.678. The maximum Gasteiger partial charge on any atom is 0.207 e. The molecule has 0 saturated carbocycles. The van der Waals surface area contributed by atoms with Gasteiger partial charge in [-0.15, -0.1) is 10.2 Å². The summed E-state index contributed by atoms with van der Waals surface area (Å²) in [6.07, 6.45) is 0. The van der Waals surface area contributed by atoms with Gasteiger partial charge in [-0.05, 0) is 23.4 Å². The van der Waals surface area contributed by atoms with Crippen LogP contribution in [-0.4, -0.2) is 20.2 Å². The Morgan fingerprint density at radius 3 is 3.14 bits per heavy atom. The molecule has 0 radical (unpaired) electrons. The van der Waals surface area contributed by atoms with Gasteiger partial charge < -0.3 is 5.73 Å². The predicted molar refractivity (Wildman–Crippen MR) is 48.6 cm³/mol. The Morgan fingerprint density at radius 2 is 2.43 bits per heavy atom. The summed E-state index contributed by atoms with van der Waals surface area (Å²) < 4.78 is 34.2. The lowest BCUT2D eigenvalue weighted by Gasteiger charge is -1.99. The number of nitrogens with two attached hydrogens (primary N) is 1. The van der Waals surface area contributed by atoms with Crippen molar-refractivity contribution in [1.29, 1.82) is 0 Å². The van der Waals surface area contributed by atoms with E-state index >= 15 is 0 Å². The van der Waals surface area contributed by atoms with Gasteiger partial charge in [0.15, 0.2) is 0 Å². The SMILES string of the molecule is [2H]C([2H])([2H])n1nnc(-c2cc(F)ccc2N)n1. The summed E-state index contributed by atoms with van der Waals surface area (Å²) in [6.45, 7) is -2.52. The van der Waals surface area contributed by atoms with Crippen LogP contribution in [0.5, 0.6) is 0 Å². The molecule has 0 saturated heterocycles. The van der Waals surface area contributed by atoms with Crippen LogP contribution in [0.4, 0.5) is 10.1 Å². The van der Waals surface area contributed by atoms with E-state index in [1.54, 1.807) is 0 Å². The summed E-state index contributed by atoms with van der Waals surface area (Å²) in [5.41, 5.74) is 6.07. The first-order valence-corrected chi connectivity index (χ1v) is 3.74. The highest BCUT2D eigenvalue weighted by molar-refractivity contribution is 5.70. The zero-order valence-electron chi connectivity index (χ0n) is 9.98. The number of tetrazole rings is 1. The Hall–Kier alpha value is -1.98. The van der Waals surface area contributed by atoms with Crippen molar-refractivity contribution in [3.63, 3.8) is 0 Å². The third kappa shape index (κ3) is 1.41. The average Bonchev–Trinajstić information content (AvgIpc) is 2.70. The van der Waals surface area contributed by atoms with Crippen LogP contribution in [0.2, 0.25) is 0 Å². The van der Waals surface area contributed by atoms with E-state index in [-0.39, 0.29) is 17.1 Å². The van der Waals surface area contributed by atoms with Crippen molar-refractivity contribution in [2.75, 3.05) is 5.73 Å². The number of aromatic nitrogens is 4. The molecule has 72 valence electrons. The molecule has 0 aliphatic rings. The van der Waals surface area contributed by atoms with Crippen LogP contribution in [0, 0.1) is 5.82 Å². The fourth-order valence-electron chi connectivity index (χ4n) is 1.04. The molecule has 0 atom stereocenters. The number of hydrogen-bond acceptors (Lipinski definition) is 4. The highest BCUT2D eigenvalue weighted by atomic mass is 19.1. The third-order valence-corrected chi connectivity index (χ3v) is 1.67. The highest BCUT2D eigenvalue weighted by Gasteiger charge is 2.08. The average molecular weight is 196 g/mol. The smallest absolute Gasteiger partial charge is 0.207 e. The van der Waals surface area contributed by atoms with Crippen LogP contribution >= 0.6 is 0 Å². The third-order valence-electron chi connectivity index (χ3n) is 1.67. The molecule has 2 aromatic rings. The number of rotatable bonds is 1. The molecule has 5 nitrogen and oxygen atoms in total. The second kappa shape index (κ2) is 3.06. The number of nitrogen functional groups attached to an aromatic ring is 1. The molecule has 0 bridgehead atoms. The fourth-order valence-corrected chi connectivity index (χ4v) is 1.04. The highest BCUT2D eigenvalue weighted by Crippen LogP contribution is 2.22. The van der Waals surface area contributed by atoms with Crippen LogP contribution in [0.25, 0.3) is 11.4 Å². The largest absolute Gasteiger partial charge is 0.398 e. The van der Waals surface area contributed by atoms with E-state index in [0.717, 1.165) is 6.07 Å². The van der Waals surface area contributed by atoms with Crippen molar-refractivity contribution in [1.82, 2.24) is 20.2 Å². The number of aryl methyl sites for hydroxylation is 1. The van der Waals surface area contributed by atoms with E-state index in [1.165, 1.54) is 12.1 Å². The molecule has 0 spiro atoms. The lowest BCUT2D eigenvalue weighted by atomic mass is 10.1. The van der Waals surface area contributed by atoms with Gasteiger partial charge in [0, 0.05) is 15.4 Å². The fraction of sp³-hybridized carbons (Fsp3) is 0.125. The molecular weight excluding hydrogens is 185 g/mol. The molecule has 6 heteroatoms. The number of nitrogens with zero attached hydrogens (tertiary/aromatic N) is 4. The zero-order chi connectivity index (χ0) is 12.6. The van der Waals surface area contributed by atoms with E-state index in [9.17, 15) is 4.39 Å². The van der Waals surface area contributed by atoms with Crippen LogP contribution in [0.15, 0.2) is 18.2 Å². The van der Waals surface area contributed by atoms with E-state index in [1.807, 2.05) is 0 Å². The van der Waals surface area contributed by atoms with E-state index in [4.69, 9.17) is 9.85 Å². The standard InChI is InChI=1S/C8H8FN5/c1-14-12-8(11-13-14)6-4-5(9)2-3-7(6)10/h2-4H,10H2,1H3/i1D3. The predicted octanol–water partition coefficient (Wildman–Crippen LogP) is 0.598. The zero-order valence-corrected chi connectivity index (χ0v) is 6.98. The molecule has 1 aromatic carbocycles. The van der Waals surface area contributed by atoms with E-state index < -0.39 is 12.8 Å². The second-order valence-corrected chi connectivity index (χ2v) is 2.63. The molecule has 0 unspecified atom stereocenters. The lowest BCUT2D eigenvalue weighted by molar-refractivity contribution is 0.627. The maximum absolute atomic E-state index is 13.0. The van der Waals surface area contributed by atoms with Crippen molar-refractivity contribution >= 4 is 5.69 Å². The van der Waals surface area contributed by atoms with Gasteiger partial charge in [-0.25, -0.2) is 4.39 Å². The summed E-state index contributed by atoms with van der Waals surface area (Å²) in [4.78, 5) is 0.479. The summed E-state index contributed by atoms with van der Waals surface area (Å²) in [5, 5.41) is 10.5. The number of hydrogen-bond donors (Lipinski definition) is 1. The Kier molecular flexibility index (Phi) is 1.24. The number of halogens is 1. The molecule has 1 heterocycles. The Balaban J connectivity index is 2.47. The first kappa shape index (κ1) is 5.69.